The molecule has 3 aliphatic rings. The molecule has 2 aromatic heterocycles. The first-order valence-corrected chi connectivity index (χ1v) is 12.3. The lowest BCUT2D eigenvalue weighted by Gasteiger charge is -2.16. The van der Waals surface area contributed by atoms with Gasteiger partial charge in [0.15, 0.2) is 12.4 Å². The number of amides is 1. The molecule has 10 heteroatoms. The smallest absolute Gasteiger partial charge is 0.224 e. The van der Waals surface area contributed by atoms with Crippen molar-refractivity contribution < 1.29 is 14.3 Å². The van der Waals surface area contributed by atoms with Crippen LogP contribution in [0.15, 0.2) is 52.9 Å². The van der Waals surface area contributed by atoms with Crippen LogP contribution in [-0.4, -0.2) is 54.3 Å². The fourth-order valence-electron chi connectivity index (χ4n) is 4.38. The summed E-state index contributed by atoms with van der Waals surface area (Å²) in [4.78, 5) is 17.0. The molecule has 0 spiro atoms. The highest BCUT2D eigenvalue weighted by atomic mass is 35.5. The zero-order valence-corrected chi connectivity index (χ0v) is 20.2. The van der Waals surface area contributed by atoms with Gasteiger partial charge in [-0.15, -0.1) is 0 Å². The van der Waals surface area contributed by atoms with Gasteiger partial charge in [0.1, 0.15) is 25.5 Å². The summed E-state index contributed by atoms with van der Waals surface area (Å²) in [7, 11) is 6.09. The van der Waals surface area contributed by atoms with E-state index in [-0.39, 0.29) is 12.0 Å². The quantitative estimate of drug-likeness (QED) is 0.414. The number of nitrogens with one attached hydrogen (secondary N) is 2. The second-order valence-corrected chi connectivity index (χ2v) is 9.25. The highest BCUT2D eigenvalue weighted by Crippen LogP contribution is 2.31. The highest BCUT2D eigenvalue weighted by Gasteiger charge is 2.27. The average Bonchev–Trinajstić information content (AvgIpc) is 3.48. The number of anilines is 1. The minimum absolute atomic E-state index is 0.0261. The number of allylic oxidation sites excluding steroid dienone is 6. The summed E-state index contributed by atoms with van der Waals surface area (Å²) in [6.07, 6.45) is 14.1. The van der Waals surface area contributed by atoms with Gasteiger partial charge in [-0.1, -0.05) is 35.4 Å². The van der Waals surface area contributed by atoms with Crippen LogP contribution in [0.4, 0.5) is 5.82 Å². The van der Waals surface area contributed by atoms with Crippen molar-refractivity contribution in [1.82, 2.24) is 19.9 Å². The van der Waals surface area contributed by atoms with Gasteiger partial charge in [-0.05, 0) is 37.2 Å². The van der Waals surface area contributed by atoms with Crippen molar-refractivity contribution in [3.05, 3.63) is 58.6 Å². The van der Waals surface area contributed by atoms with Gasteiger partial charge in [-0.3, -0.25) is 4.79 Å². The van der Waals surface area contributed by atoms with Crippen LogP contribution in [0.5, 0.6) is 0 Å². The molecule has 0 bridgehead atoms. The molecule has 3 heterocycles. The SMILES string of the molecule is [B]c1cnn2c(NCCCCNC(=O)CC3=CC=C4OCOC4C3)cc(C3=C(Cl)CCC=C3)nc12. The van der Waals surface area contributed by atoms with Gasteiger partial charge in [0, 0.05) is 48.8 Å². The molecule has 1 fully saturated rings. The number of rotatable bonds is 9. The zero-order valence-electron chi connectivity index (χ0n) is 19.4. The second kappa shape index (κ2) is 10.7. The van der Waals surface area contributed by atoms with E-state index < -0.39 is 0 Å². The first-order chi connectivity index (χ1) is 17.1. The Morgan fingerprint density at radius 1 is 1.29 bits per heavy atom. The van der Waals surface area contributed by atoms with E-state index in [1.807, 2.05) is 24.3 Å². The first-order valence-electron chi connectivity index (χ1n) is 11.9. The van der Waals surface area contributed by atoms with Crippen molar-refractivity contribution in [2.45, 2.75) is 44.6 Å². The maximum absolute atomic E-state index is 12.3. The Hall–Kier alpha value is -3.04. The molecule has 2 aromatic rings. The molecular weight excluding hydrogens is 465 g/mol. The molecule has 5 rings (SSSR count). The van der Waals surface area contributed by atoms with Crippen molar-refractivity contribution in [2.24, 2.45) is 0 Å². The molecule has 2 N–H and O–H groups in total. The van der Waals surface area contributed by atoms with Crippen molar-refractivity contribution in [3.8, 4) is 0 Å². The number of carbonyl (C=O) groups excluding carboxylic acids is 1. The summed E-state index contributed by atoms with van der Waals surface area (Å²) in [6, 6.07) is 1.95. The van der Waals surface area contributed by atoms with Gasteiger partial charge in [-0.25, -0.2) is 4.98 Å². The number of aromatic nitrogens is 3. The number of fused-ring (bicyclic) bond motifs is 2. The fraction of sp³-hybridized carbons (Fsp3) is 0.400. The maximum Gasteiger partial charge on any atom is 0.224 e. The van der Waals surface area contributed by atoms with E-state index in [0.29, 0.717) is 43.8 Å². The van der Waals surface area contributed by atoms with Crippen LogP contribution in [0.3, 0.4) is 0 Å². The normalized spacial score (nSPS) is 19.3. The van der Waals surface area contributed by atoms with Crippen molar-refractivity contribution in [1.29, 1.82) is 0 Å². The van der Waals surface area contributed by atoms with Crippen LogP contribution < -0.4 is 16.1 Å². The molecule has 0 saturated carbocycles. The third kappa shape index (κ3) is 5.46. The topological polar surface area (TPSA) is 89.8 Å². The molecule has 1 atom stereocenters. The predicted molar refractivity (Wildman–Crippen MR) is 136 cm³/mol. The molecular formula is C25H27BClN5O3. The molecule has 35 heavy (non-hydrogen) atoms. The Kier molecular flexibility index (Phi) is 7.25. The van der Waals surface area contributed by atoms with E-state index in [0.717, 1.165) is 59.1 Å². The maximum atomic E-state index is 12.3. The van der Waals surface area contributed by atoms with Crippen LogP contribution in [0.2, 0.25) is 0 Å². The highest BCUT2D eigenvalue weighted by molar-refractivity contribution is 6.36. The monoisotopic (exact) mass is 491 g/mol. The average molecular weight is 492 g/mol. The number of unbranched alkanes of at least 4 members (excludes halogenated alkanes) is 1. The van der Waals surface area contributed by atoms with Gasteiger partial charge >= 0.3 is 0 Å². The van der Waals surface area contributed by atoms with Crippen LogP contribution >= 0.6 is 11.6 Å². The summed E-state index contributed by atoms with van der Waals surface area (Å²) in [6.45, 7) is 1.63. The minimum Gasteiger partial charge on any atom is -0.469 e. The summed E-state index contributed by atoms with van der Waals surface area (Å²) in [5, 5.41) is 11.6. The Morgan fingerprint density at radius 3 is 3.06 bits per heavy atom. The summed E-state index contributed by atoms with van der Waals surface area (Å²) in [5.41, 5.74) is 3.86. The van der Waals surface area contributed by atoms with Crippen LogP contribution in [0.25, 0.3) is 11.2 Å². The van der Waals surface area contributed by atoms with Gasteiger partial charge in [-0.2, -0.15) is 9.61 Å². The van der Waals surface area contributed by atoms with Crippen molar-refractivity contribution in [3.63, 3.8) is 0 Å². The van der Waals surface area contributed by atoms with E-state index >= 15 is 0 Å². The van der Waals surface area contributed by atoms with Gasteiger partial charge in [0.2, 0.25) is 5.91 Å². The lowest BCUT2D eigenvalue weighted by Crippen LogP contribution is -2.26. The molecule has 0 aromatic carbocycles. The number of ether oxygens (including phenoxy) is 2. The molecule has 2 radical (unpaired) electrons. The standard InChI is InChI=1S/C25H27BClN5O3/c26-18-14-30-32-23(13-20(31-25(18)32)17-5-1-2-6-19(17)27)28-9-3-4-10-29-24(33)12-16-7-8-21-22(11-16)35-15-34-21/h1,5,7-8,13-14,22,28H,2-4,6,9-12,15H2,(H,29,33). The number of hydrogen-bond donors (Lipinski definition) is 2. The number of carbonyl (C=O) groups is 1. The van der Waals surface area contributed by atoms with Gasteiger partial charge < -0.3 is 20.1 Å². The Labute approximate surface area is 210 Å². The lowest BCUT2D eigenvalue weighted by atomic mass is 9.98. The molecule has 1 aliphatic heterocycles. The van der Waals surface area contributed by atoms with E-state index in [1.54, 1.807) is 10.7 Å². The number of halogens is 1. The Morgan fingerprint density at radius 2 is 2.17 bits per heavy atom. The van der Waals surface area contributed by atoms with Crippen LogP contribution in [0.1, 0.15) is 44.2 Å². The zero-order chi connectivity index (χ0) is 24.2. The molecule has 1 amide bonds. The Balaban J connectivity index is 1.11. The summed E-state index contributed by atoms with van der Waals surface area (Å²) in [5.74, 6) is 1.68. The van der Waals surface area contributed by atoms with Crippen molar-refractivity contribution in [2.75, 3.05) is 25.2 Å². The third-order valence-corrected chi connectivity index (χ3v) is 6.64. The van der Waals surface area contributed by atoms with E-state index in [9.17, 15) is 4.79 Å². The molecule has 1 unspecified atom stereocenters. The summed E-state index contributed by atoms with van der Waals surface area (Å²) < 4.78 is 12.6. The second-order valence-electron chi connectivity index (χ2n) is 8.80. The molecule has 1 saturated heterocycles. The van der Waals surface area contributed by atoms with E-state index in [4.69, 9.17) is 28.9 Å². The minimum atomic E-state index is -0.0411. The summed E-state index contributed by atoms with van der Waals surface area (Å²) >= 11 is 6.47. The van der Waals surface area contributed by atoms with Crippen LogP contribution in [-0.2, 0) is 14.3 Å². The fourth-order valence-corrected chi connectivity index (χ4v) is 4.65. The molecule has 180 valence electrons. The number of nitrogens with zero attached hydrogens (tertiary/aromatic N) is 3. The van der Waals surface area contributed by atoms with Gasteiger partial charge in [0.05, 0.1) is 5.69 Å². The van der Waals surface area contributed by atoms with E-state index in [1.165, 1.54) is 0 Å². The predicted octanol–water partition coefficient (Wildman–Crippen LogP) is 3.11. The molecule has 8 nitrogen and oxygen atoms in total. The largest absolute Gasteiger partial charge is 0.469 e. The van der Waals surface area contributed by atoms with Crippen molar-refractivity contribution >= 4 is 47.9 Å². The van der Waals surface area contributed by atoms with Gasteiger partial charge in [0.25, 0.3) is 0 Å². The molecule has 2 aliphatic carbocycles. The van der Waals surface area contributed by atoms with E-state index in [2.05, 4.69) is 26.8 Å². The first kappa shape index (κ1) is 23.7. The van der Waals surface area contributed by atoms with Crippen LogP contribution in [0, 0.1) is 0 Å². The number of hydrogen-bond acceptors (Lipinski definition) is 6. The third-order valence-electron chi connectivity index (χ3n) is 6.24. The Bertz CT molecular complexity index is 1250. The lowest BCUT2D eigenvalue weighted by molar-refractivity contribution is -0.120.